The number of anilines is 4. The Balaban J connectivity index is 1.31. The molecule has 1 heterocycles. The van der Waals surface area contributed by atoms with E-state index in [0.717, 1.165) is 23.5 Å². The molecule has 52 heavy (non-hydrogen) atoms. The maximum atomic E-state index is 2.80. The average molecular weight is 683 g/mol. The highest BCUT2D eigenvalue weighted by molar-refractivity contribution is 5.80. The van der Waals surface area contributed by atoms with Crippen LogP contribution < -0.4 is 9.80 Å². The lowest BCUT2D eigenvalue weighted by molar-refractivity contribution is 0.320. The summed E-state index contributed by atoms with van der Waals surface area (Å²) >= 11 is 0. The Kier molecular flexibility index (Phi) is 9.61. The van der Waals surface area contributed by atoms with E-state index in [1.807, 2.05) is 0 Å². The molecular formula is C50H54N2. The molecule has 0 aliphatic carbocycles. The Bertz CT molecular complexity index is 1980. The first-order valence-corrected chi connectivity index (χ1v) is 19.1. The number of hydrogen-bond donors (Lipinski definition) is 0. The molecule has 0 radical (unpaired) electrons. The summed E-state index contributed by atoms with van der Waals surface area (Å²) in [4.78, 5) is 5.19. The fourth-order valence-corrected chi connectivity index (χ4v) is 8.94. The van der Waals surface area contributed by atoms with Crippen LogP contribution in [0.4, 0.5) is 22.7 Å². The van der Waals surface area contributed by atoms with Crippen LogP contribution in [0, 0.1) is 5.41 Å². The summed E-state index contributed by atoms with van der Waals surface area (Å²) in [5, 5.41) is 0. The van der Waals surface area contributed by atoms with Gasteiger partial charge >= 0.3 is 0 Å². The highest BCUT2D eigenvalue weighted by atomic mass is 15.3. The van der Waals surface area contributed by atoms with Crippen molar-refractivity contribution < 1.29 is 0 Å². The third-order valence-electron chi connectivity index (χ3n) is 11.1. The second-order valence-corrected chi connectivity index (χ2v) is 16.6. The van der Waals surface area contributed by atoms with Crippen molar-refractivity contribution in [2.75, 3.05) is 9.80 Å². The minimum atomic E-state index is -0.00545. The molecule has 1 aliphatic rings. The maximum Gasteiger partial charge on any atom is 0.0599 e. The number of hydrogen-bond acceptors (Lipinski definition) is 2. The van der Waals surface area contributed by atoms with Crippen LogP contribution in [0.5, 0.6) is 0 Å². The van der Waals surface area contributed by atoms with Gasteiger partial charge in [0.2, 0.25) is 0 Å². The second kappa shape index (κ2) is 14.2. The van der Waals surface area contributed by atoms with Crippen LogP contribution >= 0.6 is 0 Å². The fraction of sp³-hybridized carbons (Fsp3) is 0.280. The van der Waals surface area contributed by atoms with E-state index in [0.29, 0.717) is 11.8 Å². The molecule has 1 aliphatic heterocycles. The van der Waals surface area contributed by atoms with E-state index >= 15 is 0 Å². The predicted octanol–water partition coefficient (Wildman–Crippen LogP) is 14.5. The largest absolute Gasteiger partial charge is 0.358 e. The Morgan fingerprint density at radius 2 is 0.865 bits per heavy atom. The number of nitrogens with zero attached hydrogens (tertiary/aromatic N) is 2. The molecule has 2 heteroatoms. The third-order valence-corrected chi connectivity index (χ3v) is 11.1. The lowest BCUT2D eigenvalue weighted by Gasteiger charge is -2.43. The summed E-state index contributed by atoms with van der Waals surface area (Å²) in [6.45, 7) is 19.2. The van der Waals surface area contributed by atoms with Gasteiger partial charge in [-0.25, -0.2) is 0 Å². The minimum Gasteiger partial charge on any atom is -0.358 e. The molecule has 6 aromatic rings. The van der Waals surface area contributed by atoms with Gasteiger partial charge in [0.25, 0.3) is 0 Å². The number of benzene rings is 6. The molecule has 1 unspecified atom stereocenters. The summed E-state index contributed by atoms with van der Waals surface area (Å²) in [6.07, 6.45) is 1.12. The lowest BCUT2D eigenvalue weighted by atomic mass is 9.78. The summed E-state index contributed by atoms with van der Waals surface area (Å²) in [5.41, 5.74) is 14.1. The van der Waals surface area contributed by atoms with Gasteiger partial charge in [0.05, 0.1) is 6.04 Å². The molecule has 1 atom stereocenters. The van der Waals surface area contributed by atoms with Crippen molar-refractivity contribution in [1.29, 1.82) is 0 Å². The molecule has 0 bridgehead atoms. The van der Waals surface area contributed by atoms with Crippen molar-refractivity contribution in [3.63, 3.8) is 0 Å². The topological polar surface area (TPSA) is 6.48 Å². The first-order chi connectivity index (χ1) is 24.9. The first kappa shape index (κ1) is 35.3. The van der Waals surface area contributed by atoms with Crippen molar-refractivity contribution in [1.82, 2.24) is 0 Å². The van der Waals surface area contributed by atoms with Crippen LogP contribution in [0.15, 0.2) is 152 Å². The van der Waals surface area contributed by atoms with Gasteiger partial charge in [-0.1, -0.05) is 157 Å². The maximum absolute atomic E-state index is 2.80. The number of rotatable bonds is 9. The summed E-state index contributed by atoms with van der Waals surface area (Å²) in [6, 6.07) is 55.9. The Morgan fingerprint density at radius 3 is 1.27 bits per heavy atom. The van der Waals surface area contributed by atoms with Crippen LogP contribution in [0.2, 0.25) is 0 Å². The van der Waals surface area contributed by atoms with E-state index in [9.17, 15) is 0 Å². The molecule has 0 N–H and O–H groups in total. The van der Waals surface area contributed by atoms with E-state index < -0.39 is 0 Å². The van der Waals surface area contributed by atoms with E-state index in [1.165, 1.54) is 44.6 Å². The molecular weight excluding hydrogens is 629 g/mol. The molecule has 0 saturated carbocycles. The lowest BCUT2D eigenvalue weighted by Crippen LogP contribution is -2.41. The minimum absolute atomic E-state index is 0.00545. The van der Waals surface area contributed by atoms with Gasteiger partial charge in [0, 0.05) is 28.3 Å². The molecule has 264 valence electrons. The van der Waals surface area contributed by atoms with Gasteiger partial charge in [0.1, 0.15) is 0 Å². The van der Waals surface area contributed by atoms with Gasteiger partial charge < -0.3 is 9.80 Å². The summed E-state index contributed by atoms with van der Waals surface area (Å²) < 4.78 is 0. The van der Waals surface area contributed by atoms with Crippen molar-refractivity contribution in [2.24, 2.45) is 5.41 Å². The van der Waals surface area contributed by atoms with Crippen molar-refractivity contribution in [2.45, 2.75) is 85.2 Å². The second-order valence-electron chi connectivity index (χ2n) is 16.6. The van der Waals surface area contributed by atoms with Crippen molar-refractivity contribution in [3.8, 4) is 22.3 Å². The van der Waals surface area contributed by atoms with Gasteiger partial charge in [-0.2, -0.15) is 0 Å². The first-order valence-electron chi connectivity index (χ1n) is 19.1. The Labute approximate surface area is 312 Å². The molecule has 0 amide bonds. The molecule has 6 aromatic carbocycles. The molecule has 7 rings (SSSR count). The highest BCUT2D eigenvalue weighted by Gasteiger charge is 2.52. The zero-order chi connectivity index (χ0) is 36.6. The smallest absolute Gasteiger partial charge is 0.0599 e. The average Bonchev–Trinajstić information content (AvgIpc) is 3.35. The molecule has 0 aromatic heterocycles. The highest BCUT2D eigenvalue weighted by Crippen LogP contribution is 2.58. The molecule has 0 spiro atoms. The van der Waals surface area contributed by atoms with Crippen LogP contribution in [0.25, 0.3) is 22.3 Å². The standard InChI is InChI=1S/C50H54N2/c1-35(2)45-20-15-21-46(36(3)4)47(45)52-48(49(5,6)34-50(52,7)8)41-26-32-44(33-27-41)51(42-28-22-39(23-29-42)37-16-11-9-12-17-37)43-30-24-40(25-31-43)38-18-13-10-14-19-38/h9-33,35-36,48H,34H2,1-8H3. The monoisotopic (exact) mass is 682 g/mol. The van der Waals surface area contributed by atoms with Gasteiger partial charge in [-0.05, 0) is 113 Å². The van der Waals surface area contributed by atoms with Crippen LogP contribution in [0.3, 0.4) is 0 Å². The van der Waals surface area contributed by atoms with Gasteiger partial charge in [-0.15, -0.1) is 0 Å². The summed E-state index contributed by atoms with van der Waals surface area (Å²) in [5.74, 6) is 0.873. The third kappa shape index (κ3) is 6.80. The predicted molar refractivity (Wildman–Crippen MR) is 224 cm³/mol. The Hall–Kier alpha value is -5.08. The zero-order valence-electron chi connectivity index (χ0n) is 32.3. The van der Waals surface area contributed by atoms with E-state index in [-0.39, 0.29) is 17.0 Å². The van der Waals surface area contributed by atoms with E-state index in [4.69, 9.17) is 0 Å². The molecule has 1 fully saturated rings. The van der Waals surface area contributed by atoms with Gasteiger partial charge in [-0.3, -0.25) is 0 Å². The normalized spacial score (nSPS) is 16.4. The van der Waals surface area contributed by atoms with E-state index in [1.54, 1.807) is 0 Å². The zero-order valence-corrected chi connectivity index (χ0v) is 32.3. The fourth-order valence-electron chi connectivity index (χ4n) is 8.94. The molecule has 1 saturated heterocycles. The molecule has 2 nitrogen and oxygen atoms in total. The van der Waals surface area contributed by atoms with Crippen molar-refractivity contribution >= 4 is 22.7 Å². The van der Waals surface area contributed by atoms with Crippen LogP contribution in [-0.4, -0.2) is 5.54 Å². The van der Waals surface area contributed by atoms with Gasteiger partial charge in [0.15, 0.2) is 0 Å². The summed E-state index contributed by atoms with van der Waals surface area (Å²) in [7, 11) is 0. The van der Waals surface area contributed by atoms with Crippen molar-refractivity contribution in [3.05, 3.63) is 168 Å². The Morgan fingerprint density at radius 1 is 0.481 bits per heavy atom. The number of para-hydroxylation sites is 1. The van der Waals surface area contributed by atoms with E-state index in [2.05, 4.69) is 217 Å². The van der Waals surface area contributed by atoms with Crippen LogP contribution in [0.1, 0.15) is 96.4 Å². The van der Waals surface area contributed by atoms with Crippen LogP contribution in [-0.2, 0) is 0 Å². The SMILES string of the molecule is CC(C)c1cccc(C(C)C)c1N1C(c2ccc(N(c3ccc(-c4ccccc4)cc3)c3ccc(-c4ccccc4)cc3)cc2)C(C)(C)CC1(C)C. The quantitative estimate of drug-likeness (QED) is 0.150.